The molecule has 0 amide bonds. The summed E-state index contributed by atoms with van der Waals surface area (Å²) in [4.78, 5) is 23.7. The number of nitrogens with zero attached hydrogens (tertiary/aromatic N) is 2. The zero-order valence-corrected chi connectivity index (χ0v) is 18.4. The van der Waals surface area contributed by atoms with Gasteiger partial charge in [0.2, 0.25) is 5.78 Å². The molecule has 0 spiro atoms. The Balaban J connectivity index is 1.50. The smallest absolute Gasteiger partial charge is 0.209 e. The third kappa shape index (κ3) is 4.60. The summed E-state index contributed by atoms with van der Waals surface area (Å²) >= 11 is 15.1. The summed E-state index contributed by atoms with van der Waals surface area (Å²) in [5.41, 5.74) is 7.04. The van der Waals surface area contributed by atoms with Crippen molar-refractivity contribution in [2.75, 3.05) is 11.1 Å². The van der Waals surface area contributed by atoms with Crippen LogP contribution in [-0.4, -0.2) is 15.8 Å². The van der Waals surface area contributed by atoms with E-state index in [2.05, 4.69) is 15.3 Å². The average molecular weight is 473 g/mol. The fourth-order valence-corrected chi connectivity index (χ4v) is 4.87. The van der Waals surface area contributed by atoms with Gasteiger partial charge in [-0.3, -0.25) is 9.78 Å². The number of halogens is 2. The van der Waals surface area contributed by atoms with Crippen molar-refractivity contribution in [3.8, 4) is 0 Å². The van der Waals surface area contributed by atoms with Crippen LogP contribution in [0.3, 0.4) is 0 Å². The first-order valence-corrected chi connectivity index (χ1v) is 11.1. The van der Waals surface area contributed by atoms with Gasteiger partial charge in [-0.2, -0.15) is 0 Å². The van der Waals surface area contributed by atoms with Crippen molar-refractivity contribution >= 4 is 68.7 Å². The Morgan fingerprint density at radius 2 is 1.60 bits per heavy atom. The van der Waals surface area contributed by atoms with Crippen LogP contribution in [0.1, 0.15) is 15.2 Å². The minimum atomic E-state index is -0.349. The number of ketones is 1. The van der Waals surface area contributed by atoms with Gasteiger partial charge >= 0.3 is 0 Å². The van der Waals surface area contributed by atoms with Gasteiger partial charge in [-0.15, -0.1) is 0 Å². The fourth-order valence-electron chi connectivity index (χ4n) is 2.65. The Morgan fingerprint density at radius 1 is 0.967 bits per heavy atom. The second kappa shape index (κ2) is 9.06. The van der Waals surface area contributed by atoms with E-state index in [1.165, 1.54) is 0 Å². The van der Waals surface area contributed by atoms with Gasteiger partial charge in [0.05, 0.1) is 15.6 Å². The Hall–Kier alpha value is -2.58. The lowest BCUT2D eigenvalue weighted by molar-refractivity contribution is 0.104. The van der Waals surface area contributed by atoms with Crippen LogP contribution < -0.4 is 11.1 Å². The molecule has 150 valence electrons. The number of rotatable bonds is 6. The Bertz CT molecular complexity index is 1180. The van der Waals surface area contributed by atoms with Gasteiger partial charge in [-0.05, 0) is 48.5 Å². The number of pyridine rings is 1. The highest BCUT2D eigenvalue weighted by atomic mass is 35.5. The molecule has 5 nitrogen and oxygen atoms in total. The van der Waals surface area contributed by atoms with Crippen LogP contribution in [0.25, 0.3) is 0 Å². The molecule has 3 N–H and O–H groups in total. The third-order valence-corrected chi connectivity index (χ3v) is 6.67. The van der Waals surface area contributed by atoms with Crippen molar-refractivity contribution in [2.45, 2.75) is 9.79 Å². The number of carbonyl (C=O) groups is 1. The van der Waals surface area contributed by atoms with Crippen LogP contribution in [0.15, 0.2) is 76.8 Å². The minimum absolute atomic E-state index is 0.133. The van der Waals surface area contributed by atoms with E-state index in [0.717, 1.165) is 26.8 Å². The van der Waals surface area contributed by atoms with Crippen LogP contribution >= 0.6 is 46.3 Å². The Kier molecular flexibility index (Phi) is 6.24. The summed E-state index contributed by atoms with van der Waals surface area (Å²) in [6, 6.07) is 16.7. The molecule has 9 heteroatoms. The van der Waals surface area contributed by atoms with Crippen molar-refractivity contribution < 1.29 is 4.79 Å². The van der Waals surface area contributed by atoms with Crippen LogP contribution in [0.5, 0.6) is 0 Å². The zero-order valence-electron chi connectivity index (χ0n) is 15.3. The van der Waals surface area contributed by atoms with Crippen molar-refractivity contribution in [3.63, 3.8) is 0 Å². The summed E-state index contributed by atoms with van der Waals surface area (Å²) in [5.74, 6) is -0.217. The third-order valence-electron chi connectivity index (χ3n) is 4.04. The summed E-state index contributed by atoms with van der Waals surface area (Å²) in [6.07, 6.45) is 3.53. The number of anilines is 3. The molecule has 4 aromatic rings. The first-order valence-electron chi connectivity index (χ1n) is 8.71. The van der Waals surface area contributed by atoms with E-state index >= 15 is 0 Å². The average Bonchev–Trinajstić information content (AvgIpc) is 3.10. The molecule has 0 saturated heterocycles. The fraction of sp³-hybridized carbons (Fsp3) is 0. The maximum Gasteiger partial charge on any atom is 0.209 e. The van der Waals surface area contributed by atoms with E-state index in [1.807, 2.05) is 36.4 Å². The van der Waals surface area contributed by atoms with Gasteiger partial charge in [-0.1, -0.05) is 52.4 Å². The van der Waals surface area contributed by atoms with Gasteiger partial charge in [0, 0.05) is 27.9 Å². The van der Waals surface area contributed by atoms with E-state index in [1.54, 1.807) is 42.4 Å². The van der Waals surface area contributed by atoms with Gasteiger partial charge in [0.25, 0.3) is 0 Å². The SMILES string of the molecule is Nc1nc(Nc2ccc(Sc3ccncc3)cc2)sc1C(=O)c1c(Cl)cccc1Cl. The topological polar surface area (TPSA) is 80.9 Å². The highest BCUT2D eigenvalue weighted by Gasteiger charge is 2.22. The number of hydrogen-bond acceptors (Lipinski definition) is 7. The maximum atomic E-state index is 12.9. The summed E-state index contributed by atoms with van der Waals surface area (Å²) in [7, 11) is 0. The lowest BCUT2D eigenvalue weighted by Gasteiger charge is -2.05. The van der Waals surface area contributed by atoms with Crippen LogP contribution in [-0.2, 0) is 0 Å². The number of carbonyl (C=O) groups excluding carboxylic acids is 1. The molecule has 0 atom stereocenters. The number of nitrogens with two attached hydrogens (primary N) is 1. The zero-order chi connectivity index (χ0) is 21.1. The summed E-state index contributed by atoms with van der Waals surface area (Å²) in [6.45, 7) is 0. The quantitative estimate of drug-likeness (QED) is 0.309. The van der Waals surface area contributed by atoms with Crippen molar-refractivity contribution in [1.82, 2.24) is 9.97 Å². The van der Waals surface area contributed by atoms with Crippen LogP contribution in [0, 0.1) is 0 Å². The molecule has 0 aliphatic rings. The number of aromatic nitrogens is 2. The molecular weight excluding hydrogens is 459 g/mol. The highest BCUT2D eigenvalue weighted by molar-refractivity contribution is 7.99. The van der Waals surface area contributed by atoms with E-state index in [-0.39, 0.29) is 32.1 Å². The molecule has 2 heterocycles. The molecule has 2 aromatic heterocycles. The molecule has 0 fully saturated rings. The molecule has 30 heavy (non-hydrogen) atoms. The standard InChI is InChI=1S/C21H14Cl2N4OS2/c22-15-2-1-3-16(23)17(15)18(28)19-20(24)27-21(30-19)26-12-4-6-13(7-5-12)29-14-8-10-25-11-9-14/h1-11H,24H2,(H,26,27). The molecule has 4 rings (SSSR count). The monoisotopic (exact) mass is 472 g/mol. The largest absolute Gasteiger partial charge is 0.382 e. The molecule has 0 aliphatic heterocycles. The van der Waals surface area contributed by atoms with Crippen molar-refractivity contribution in [2.24, 2.45) is 0 Å². The number of hydrogen-bond donors (Lipinski definition) is 2. The first-order chi connectivity index (χ1) is 14.5. The lowest BCUT2D eigenvalue weighted by atomic mass is 10.1. The molecular formula is C21H14Cl2N4OS2. The van der Waals surface area contributed by atoms with Crippen LogP contribution in [0.4, 0.5) is 16.6 Å². The lowest BCUT2D eigenvalue weighted by Crippen LogP contribution is -2.04. The molecule has 0 aliphatic carbocycles. The van der Waals surface area contributed by atoms with Gasteiger partial charge in [-0.25, -0.2) is 4.98 Å². The van der Waals surface area contributed by atoms with Crippen molar-refractivity contribution in [3.05, 3.63) is 87.5 Å². The summed E-state index contributed by atoms with van der Waals surface area (Å²) in [5, 5.41) is 4.24. The van der Waals surface area contributed by atoms with E-state index in [9.17, 15) is 4.79 Å². The molecule has 0 unspecified atom stereocenters. The first kappa shape index (κ1) is 20.7. The number of benzene rings is 2. The van der Waals surface area contributed by atoms with Gasteiger partial charge in [0.1, 0.15) is 10.7 Å². The second-order valence-electron chi connectivity index (χ2n) is 6.09. The van der Waals surface area contributed by atoms with Crippen LogP contribution in [0.2, 0.25) is 10.0 Å². The van der Waals surface area contributed by atoms with Gasteiger partial charge < -0.3 is 11.1 Å². The maximum absolute atomic E-state index is 12.9. The van der Waals surface area contributed by atoms with E-state index in [4.69, 9.17) is 28.9 Å². The number of thiazole rings is 1. The molecule has 0 saturated carbocycles. The van der Waals surface area contributed by atoms with Gasteiger partial charge in [0.15, 0.2) is 5.13 Å². The predicted octanol–water partition coefficient (Wildman–Crippen LogP) is 6.55. The normalized spacial score (nSPS) is 10.7. The number of nitrogen functional groups attached to an aromatic ring is 1. The Morgan fingerprint density at radius 3 is 2.27 bits per heavy atom. The summed E-state index contributed by atoms with van der Waals surface area (Å²) < 4.78 is 0. The highest BCUT2D eigenvalue weighted by Crippen LogP contribution is 2.34. The van der Waals surface area contributed by atoms with Crippen molar-refractivity contribution in [1.29, 1.82) is 0 Å². The molecule has 0 radical (unpaired) electrons. The van der Waals surface area contributed by atoms with E-state index in [0.29, 0.717) is 5.13 Å². The van der Waals surface area contributed by atoms with E-state index < -0.39 is 0 Å². The molecule has 0 bridgehead atoms. The molecule has 2 aromatic carbocycles. The number of nitrogens with one attached hydrogen (secondary N) is 1. The minimum Gasteiger partial charge on any atom is -0.382 e. The predicted molar refractivity (Wildman–Crippen MR) is 125 cm³/mol. The second-order valence-corrected chi connectivity index (χ2v) is 9.05. The Labute approximate surface area is 191 Å².